The molecule has 7 aromatic carbocycles. The molecule has 0 radical (unpaired) electrons. The smallest absolute Gasteiger partial charge is 0.151 e. The van der Waals surface area contributed by atoms with Gasteiger partial charge in [-0.05, 0) is 71.1 Å². The number of imidazole rings is 1. The second-order valence-electron chi connectivity index (χ2n) is 12.8. The number of benzene rings is 7. The van der Waals surface area contributed by atoms with Crippen molar-refractivity contribution >= 4 is 71.2 Å². The molecule has 0 spiro atoms. The van der Waals surface area contributed by atoms with Crippen molar-refractivity contribution in [3.63, 3.8) is 0 Å². The van der Waals surface area contributed by atoms with Gasteiger partial charge < -0.3 is 4.57 Å². The summed E-state index contributed by atoms with van der Waals surface area (Å²) in [6.07, 6.45) is 0. The van der Waals surface area contributed by atoms with Crippen LogP contribution in [0.4, 0.5) is 0 Å². The van der Waals surface area contributed by atoms with E-state index >= 15 is 0 Å². The Morgan fingerprint density at radius 3 is 1.71 bits per heavy atom. The number of pyridine rings is 1. The molecule has 0 aliphatic carbocycles. The molecule has 0 N–H and O–H groups in total. The summed E-state index contributed by atoms with van der Waals surface area (Å²) >= 11 is 0. The third kappa shape index (κ3) is 3.60. The molecule has 0 saturated carbocycles. The van der Waals surface area contributed by atoms with Crippen molar-refractivity contribution in [2.45, 2.75) is 0 Å². The van der Waals surface area contributed by atoms with Gasteiger partial charge in [-0.25, -0.2) is 4.98 Å². The lowest BCUT2D eigenvalue weighted by Crippen LogP contribution is -1.99. The Balaban J connectivity index is 1.28. The Labute approximate surface area is 281 Å². The quantitative estimate of drug-likeness (QED) is 0.180. The van der Waals surface area contributed by atoms with Crippen LogP contribution < -0.4 is 0 Å². The van der Waals surface area contributed by atoms with Gasteiger partial charge in [-0.2, -0.15) is 0 Å². The molecule has 0 amide bonds. The summed E-state index contributed by atoms with van der Waals surface area (Å²) < 4.78 is 7.14. The average molecular weight is 625 g/mol. The molecule has 11 rings (SSSR count). The van der Waals surface area contributed by atoms with Crippen LogP contribution in [-0.2, 0) is 0 Å². The van der Waals surface area contributed by atoms with Gasteiger partial charge in [0.25, 0.3) is 0 Å². The fraction of sp³-hybridized carbons (Fsp3) is 0. The van der Waals surface area contributed by atoms with E-state index in [0.717, 1.165) is 50.0 Å². The molecule has 4 nitrogen and oxygen atoms in total. The van der Waals surface area contributed by atoms with E-state index in [1.807, 2.05) is 0 Å². The topological polar surface area (TPSA) is 27.2 Å². The molecule has 11 aromatic rings. The lowest BCUT2D eigenvalue weighted by Gasteiger charge is -2.15. The molecular weight excluding hydrogens is 597 g/mol. The van der Waals surface area contributed by atoms with E-state index < -0.39 is 0 Å². The first-order valence-electron chi connectivity index (χ1n) is 16.7. The molecule has 4 heterocycles. The zero-order valence-corrected chi connectivity index (χ0v) is 26.5. The van der Waals surface area contributed by atoms with Crippen LogP contribution in [0.15, 0.2) is 170 Å². The highest BCUT2D eigenvalue weighted by molar-refractivity contribution is 6.21. The van der Waals surface area contributed by atoms with Gasteiger partial charge in [0.2, 0.25) is 0 Å². The molecule has 0 aliphatic heterocycles. The third-order valence-electron chi connectivity index (χ3n) is 10.2. The van der Waals surface area contributed by atoms with E-state index in [1.165, 1.54) is 43.7 Å². The number of fused-ring (bicyclic) bond motifs is 13. The average Bonchev–Trinajstić information content (AvgIpc) is 3.82. The highest BCUT2D eigenvalue weighted by Crippen LogP contribution is 2.42. The highest BCUT2D eigenvalue weighted by atomic mass is 15.2. The predicted octanol–water partition coefficient (Wildman–Crippen LogP) is 11.5. The van der Waals surface area contributed by atoms with Gasteiger partial charge >= 0.3 is 0 Å². The van der Waals surface area contributed by atoms with Gasteiger partial charge in [-0.1, -0.05) is 115 Å². The van der Waals surface area contributed by atoms with Crippen molar-refractivity contribution in [2.75, 3.05) is 0 Å². The van der Waals surface area contributed by atoms with Crippen molar-refractivity contribution in [3.8, 4) is 22.5 Å². The largest absolute Gasteiger partial charge is 0.309 e. The van der Waals surface area contributed by atoms with Gasteiger partial charge in [0.15, 0.2) is 5.65 Å². The number of para-hydroxylation sites is 4. The second kappa shape index (κ2) is 9.93. The molecule has 228 valence electrons. The van der Waals surface area contributed by atoms with Gasteiger partial charge in [0, 0.05) is 38.3 Å². The van der Waals surface area contributed by atoms with Crippen LogP contribution in [0.3, 0.4) is 0 Å². The molecule has 4 aromatic heterocycles. The number of hydrogen-bond acceptors (Lipinski definition) is 1. The predicted molar refractivity (Wildman–Crippen MR) is 204 cm³/mol. The maximum atomic E-state index is 5.42. The third-order valence-corrected chi connectivity index (χ3v) is 10.2. The molecule has 0 atom stereocenters. The summed E-state index contributed by atoms with van der Waals surface area (Å²) in [4.78, 5) is 5.42. The minimum absolute atomic E-state index is 0.974. The van der Waals surface area contributed by atoms with Gasteiger partial charge in [0.05, 0.1) is 22.1 Å². The number of hydrogen-bond donors (Lipinski definition) is 0. The lowest BCUT2D eigenvalue weighted by atomic mass is 9.95. The van der Waals surface area contributed by atoms with Crippen LogP contribution in [0, 0.1) is 0 Å². The minimum Gasteiger partial charge on any atom is -0.309 e. The normalized spacial score (nSPS) is 12.1. The molecule has 0 bridgehead atoms. The monoisotopic (exact) mass is 624 g/mol. The van der Waals surface area contributed by atoms with Crippen LogP contribution in [-0.4, -0.2) is 18.5 Å². The first-order valence-corrected chi connectivity index (χ1v) is 16.7. The fourth-order valence-corrected chi connectivity index (χ4v) is 8.17. The van der Waals surface area contributed by atoms with Crippen molar-refractivity contribution < 1.29 is 0 Å². The van der Waals surface area contributed by atoms with E-state index in [4.69, 9.17) is 4.98 Å². The van der Waals surface area contributed by atoms with E-state index in [2.05, 4.69) is 183 Å². The van der Waals surface area contributed by atoms with Crippen LogP contribution >= 0.6 is 0 Å². The van der Waals surface area contributed by atoms with Gasteiger partial charge in [-0.15, -0.1) is 0 Å². The van der Waals surface area contributed by atoms with E-state index in [9.17, 15) is 0 Å². The highest BCUT2D eigenvalue weighted by Gasteiger charge is 2.23. The summed E-state index contributed by atoms with van der Waals surface area (Å²) in [6.45, 7) is 0. The Morgan fingerprint density at radius 2 is 0.959 bits per heavy atom. The van der Waals surface area contributed by atoms with E-state index in [1.54, 1.807) is 0 Å². The van der Waals surface area contributed by atoms with Crippen LogP contribution in [0.2, 0.25) is 0 Å². The Morgan fingerprint density at radius 1 is 0.388 bits per heavy atom. The molecule has 0 aliphatic rings. The van der Waals surface area contributed by atoms with Crippen molar-refractivity contribution in [1.29, 1.82) is 0 Å². The SMILES string of the molecule is c1ccc(-n2c3ccccc3c3cc(-c4cccc5c4c4ccccc4c4nc6c7ccccc7n(-c7ccccc7)c6n54)ccc32)cc1. The first kappa shape index (κ1) is 26.4. The van der Waals surface area contributed by atoms with Crippen molar-refractivity contribution in [2.24, 2.45) is 0 Å². The second-order valence-corrected chi connectivity index (χ2v) is 12.8. The number of nitrogens with zero attached hydrogens (tertiary/aromatic N) is 4. The van der Waals surface area contributed by atoms with Crippen LogP contribution in [0.5, 0.6) is 0 Å². The standard InChI is InChI=1S/C45H28N4/c1-3-14-30(15-4-1)47-38-23-11-9-18-33(38)37-28-29(26-27-40(37)47)32-22-13-25-41-42(32)34-19-7-8-20-35(34)44-46-43-36-21-10-12-24-39(36)48(45(43)49(41)44)31-16-5-2-6-17-31/h1-28H. The minimum atomic E-state index is 0.974. The van der Waals surface area contributed by atoms with Crippen molar-refractivity contribution in [3.05, 3.63) is 170 Å². The molecule has 49 heavy (non-hydrogen) atoms. The Hall–Kier alpha value is -6.65. The maximum absolute atomic E-state index is 5.42. The van der Waals surface area contributed by atoms with Gasteiger partial charge in [0.1, 0.15) is 11.2 Å². The summed E-state index contributed by atoms with van der Waals surface area (Å²) in [7, 11) is 0. The zero-order chi connectivity index (χ0) is 32.1. The fourth-order valence-electron chi connectivity index (χ4n) is 8.17. The maximum Gasteiger partial charge on any atom is 0.151 e. The summed E-state index contributed by atoms with van der Waals surface area (Å²) in [5.41, 5.74) is 12.4. The van der Waals surface area contributed by atoms with Crippen molar-refractivity contribution in [1.82, 2.24) is 18.5 Å². The summed E-state index contributed by atoms with van der Waals surface area (Å²) in [5.74, 6) is 0. The van der Waals surface area contributed by atoms with Gasteiger partial charge in [-0.3, -0.25) is 8.97 Å². The molecule has 0 fully saturated rings. The Kier molecular flexibility index (Phi) is 5.35. The molecule has 4 heteroatoms. The summed E-state index contributed by atoms with van der Waals surface area (Å²) in [6, 6.07) is 61.1. The number of rotatable bonds is 3. The first-order chi connectivity index (χ1) is 24.3. The molecule has 0 saturated heterocycles. The molecular formula is C45H28N4. The van der Waals surface area contributed by atoms with E-state index in [0.29, 0.717) is 0 Å². The lowest BCUT2D eigenvalue weighted by molar-refractivity contribution is 1.12. The van der Waals surface area contributed by atoms with Crippen LogP contribution in [0.1, 0.15) is 0 Å². The number of aromatic nitrogens is 4. The van der Waals surface area contributed by atoms with E-state index in [-0.39, 0.29) is 0 Å². The zero-order valence-electron chi connectivity index (χ0n) is 26.5. The Bertz CT molecular complexity index is 3090. The molecule has 0 unspecified atom stereocenters. The van der Waals surface area contributed by atoms with Crippen LogP contribution in [0.25, 0.3) is 93.7 Å². The summed E-state index contributed by atoms with van der Waals surface area (Å²) in [5, 5.41) is 7.22.